The smallest absolute Gasteiger partial charge is 0.343 e. The second-order valence-electron chi connectivity index (χ2n) is 4.62. The highest BCUT2D eigenvalue weighted by atomic mass is 35.5. The zero-order valence-electron chi connectivity index (χ0n) is 11.5. The predicted octanol–water partition coefficient (Wildman–Crippen LogP) is 3.27. The molecule has 0 spiro atoms. The molecule has 0 atom stereocenters. The summed E-state index contributed by atoms with van der Waals surface area (Å²) in [6.45, 7) is 1.92. The van der Waals surface area contributed by atoms with Crippen LogP contribution in [0.3, 0.4) is 0 Å². The molecule has 21 heavy (non-hydrogen) atoms. The van der Waals surface area contributed by atoms with Gasteiger partial charge in [-0.2, -0.15) is 0 Å². The lowest BCUT2D eigenvalue weighted by molar-refractivity contribution is 0.0734. The van der Waals surface area contributed by atoms with E-state index in [4.69, 9.17) is 16.3 Å². The molecule has 0 fully saturated rings. The van der Waals surface area contributed by atoms with Crippen molar-refractivity contribution in [2.24, 2.45) is 0 Å². The number of benzene rings is 2. The number of rotatable bonds is 3. The van der Waals surface area contributed by atoms with Crippen molar-refractivity contribution in [2.75, 3.05) is 6.26 Å². The third kappa shape index (κ3) is 3.83. The second-order valence-corrected chi connectivity index (χ2v) is 7.01. The van der Waals surface area contributed by atoms with Gasteiger partial charge in [-0.1, -0.05) is 29.3 Å². The molecule has 0 heterocycles. The van der Waals surface area contributed by atoms with Crippen LogP contribution in [0.4, 0.5) is 0 Å². The lowest BCUT2D eigenvalue weighted by atomic mass is 10.2. The maximum absolute atomic E-state index is 12.0. The number of aryl methyl sites for hydroxylation is 1. The van der Waals surface area contributed by atoms with Crippen molar-refractivity contribution < 1.29 is 17.9 Å². The Morgan fingerprint density at radius 1 is 1.10 bits per heavy atom. The van der Waals surface area contributed by atoms with Crippen LogP contribution in [0.1, 0.15) is 15.9 Å². The quantitative estimate of drug-likeness (QED) is 0.642. The summed E-state index contributed by atoms with van der Waals surface area (Å²) in [5.41, 5.74) is 1.17. The Hall–Kier alpha value is -1.85. The van der Waals surface area contributed by atoms with E-state index >= 15 is 0 Å². The lowest BCUT2D eigenvalue weighted by Crippen LogP contribution is -2.10. The van der Waals surface area contributed by atoms with Crippen LogP contribution in [0.15, 0.2) is 47.4 Å². The highest BCUT2D eigenvalue weighted by molar-refractivity contribution is 7.90. The van der Waals surface area contributed by atoms with Gasteiger partial charge in [0.2, 0.25) is 0 Å². The topological polar surface area (TPSA) is 60.4 Å². The molecular formula is C15H13ClO4S. The van der Waals surface area contributed by atoms with E-state index in [9.17, 15) is 13.2 Å². The zero-order chi connectivity index (χ0) is 15.6. The number of hydrogen-bond donors (Lipinski definition) is 0. The van der Waals surface area contributed by atoms with Gasteiger partial charge in [0, 0.05) is 6.26 Å². The van der Waals surface area contributed by atoms with E-state index in [2.05, 4.69) is 0 Å². The van der Waals surface area contributed by atoms with Gasteiger partial charge in [0.15, 0.2) is 9.84 Å². The Morgan fingerprint density at radius 3 is 2.29 bits per heavy atom. The number of esters is 1. The number of carbonyl (C=O) groups excluding carboxylic acids is 1. The Morgan fingerprint density at radius 2 is 1.71 bits per heavy atom. The number of sulfone groups is 1. The molecule has 0 N–H and O–H groups in total. The molecule has 0 aliphatic carbocycles. The highest BCUT2D eigenvalue weighted by Crippen LogP contribution is 2.23. The summed E-state index contributed by atoms with van der Waals surface area (Å²) in [4.78, 5) is 11.9. The average molecular weight is 325 g/mol. The van der Waals surface area contributed by atoms with E-state index in [1.165, 1.54) is 18.2 Å². The molecule has 2 rings (SSSR count). The van der Waals surface area contributed by atoms with Crippen LogP contribution in [0.5, 0.6) is 5.75 Å². The third-order valence-electron chi connectivity index (χ3n) is 2.80. The molecule has 4 nitrogen and oxygen atoms in total. The number of carbonyl (C=O) groups is 1. The van der Waals surface area contributed by atoms with Gasteiger partial charge in [0.1, 0.15) is 5.75 Å². The first-order valence-corrected chi connectivity index (χ1v) is 8.33. The summed E-state index contributed by atoms with van der Waals surface area (Å²) in [7, 11) is -3.51. The molecule has 0 radical (unpaired) electrons. The van der Waals surface area contributed by atoms with Crippen molar-refractivity contribution in [2.45, 2.75) is 11.8 Å². The van der Waals surface area contributed by atoms with Gasteiger partial charge in [-0.15, -0.1) is 0 Å². The van der Waals surface area contributed by atoms with E-state index in [1.807, 2.05) is 19.1 Å². The first-order chi connectivity index (χ1) is 9.77. The Balaban J connectivity index is 2.30. The standard InChI is InChI=1S/C15H13ClO4S/c1-10-3-6-12(7-4-10)20-15(17)11-5-8-13(16)14(9-11)21(2,18)19/h3-9H,1-2H3. The van der Waals surface area contributed by atoms with Crippen LogP contribution >= 0.6 is 11.6 Å². The van der Waals surface area contributed by atoms with Gasteiger partial charge in [-0.3, -0.25) is 0 Å². The normalized spacial score (nSPS) is 11.2. The van der Waals surface area contributed by atoms with E-state index < -0.39 is 15.8 Å². The molecule has 0 saturated carbocycles. The van der Waals surface area contributed by atoms with E-state index in [1.54, 1.807) is 12.1 Å². The van der Waals surface area contributed by atoms with Crippen molar-refractivity contribution in [3.8, 4) is 5.75 Å². The molecule has 0 aliphatic rings. The van der Waals surface area contributed by atoms with E-state index in [0.717, 1.165) is 11.8 Å². The monoisotopic (exact) mass is 324 g/mol. The fraction of sp³-hybridized carbons (Fsp3) is 0.133. The van der Waals surface area contributed by atoms with Gasteiger partial charge in [-0.05, 0) is 37.3 Å². The summed E-state index contributed by atoms with van der Waals surface area (Å²) in [5.74, 6) is -0.248. The van der Waals surface area contributed by atoms with Crippen molar-refractivity contribution in [3.63, 3.8) is 0 Å². The van der Waals surface area contributed by atoms with Crippen molar-refractivity contribution >= 4 is 27.4 Å². The lowest BCUT2D eigenvalue weighted by Gasteiger charge is -2.07. The van der Waals surface area contributed by atoms with Crippen molar-refractivity contribution in [3.05, 3.63) is 58.6 Å². The zero-order valence-corrected chi connectivity index (χ0v) is 13.0. The van der Waals surface area contributed by atoms with Gasteiger partial charge in [0.25, 0.3) is 0 Å². The Kier molecular flexibility index (Phi) is 4.34. The molecule has 0 bridgehead atoms. The van der Waals surface area contributed by atoms with Crippen LogP contribution in [0, 0.1) is 6.92 Å². The molecular weight excluding hydrogens is 312 g/mol. The summed E-state index contributed by atoms with van der Waals surface area (Å²) in [5, 5.41) is 0.0735. The molecule has 0 amide bonds. The molecule has 0 saturated heterocycles. The van der Waals surface area contributed by atoms with Crippen LogP contribution in [-0.4, -0.2) is 20.6 Å². The summed E-state index contributed by atoms with van der Waals surface area (Å²) >= 11 is 5.83. The second kappa shape index (κ2) is 5.87. The van der Waals surface area contributed by atoms with Crippen LogP contribution in [0.2, 0.25) is 5.02 Å². The first kappa shape index (κ1) is 15.5. The SMILES string of the molecule is Cc1ccc(OC(=O)c2ccc(Cl)c(S(C)(=O)=O)c2)cc1. The van der Waals surface area contributed by atoms with Crippen LogP contribution in [-0.2, 0) is 9.84 Å². The van der Waals surface area contributed by atoms with Gasteiger partial charge in [0.05, 0.1) is 15.5 Å². The number of halogens is 1. The number of hydrogen-bond acceptors (Lipinski definition) is 4. The fourth-order valence-electron chi connectivity index (χ4n) is 1.69. The summed E-state index contributed by atoms with van der Waals surface area (Å²) in [6.07, 6.45) is 1.03. The van der Waals surface area contributed by atoms with E-state index in [-0.39, 0.29) is 15.5 Å². The molecule has 6 heteroatoms. The molecule has 0 aliphatic heterocycles. The van der Waals surface area contributed by atoms with Crippen molar-refractivity contribution in [1.82, 2.24) is 0 Å². The molecule has 2 aromatic carbocycles. The van der Waals surface area contributed by atoms with Crippen molar-refractivity contribution in [1.29, 1.82) is 0 Å². The maximum Gasteiger partial charge on any atom is 0.343 e. The van der Waals surface area contributed by atoms with E-state index in [0.29, 0.717) is 5.75 Å². The third-order valence-corrected chi connectivity index (χ3v) is 4.38. The minimum atomic E-state index is -3.51. The average Bonchev–Trinajstić information content (AvgIpc) is 2.40. The summed E-state index contributed by atoms with van der Waals surface area (Å²) < 4.78 is 28.4. The van der Waals surface area contributed by atoms with Gasteiger partial charge >= 0.3 is 5.97 Å². The largest absolute Gasteiger partial charge is 0.423 e. The minimum Gasteiger partial charge on any atom is -0.423 e. The first-order valence-electron chi connectivity index (χ1n) is 6.06. The van der Waals surface area contributed by atoms with Gasteiger partial charge < -0.3 is 4.74 Å². The highest BCUT2D eigenvalue weighted by Gasteiger charge is 2.17. The maximum atomic E-state index is 12.0. The van der Waals surface area contributed by atoms with Crippen LogP contribution in [0.25, 0.3) is 0 Å². The van der Waals surface area contributed by atoms with Gasteiger partial charge in [-0.25, -0.2) is 13.2 Å². The summed E-state index contributed by atoms with van der Waals surface area (Å²) in [6, 6.07) is 11.0. The number of ether oxygens (including phenoxy) is 1. The fourth-order valence-corrected chi connectivity index (χ4v) is 2.99. The Labute approximate surface area is 128 Å². The molecule has 0 unspecified atom stereocenters. The predicted molar refractivity (Wildman–Crippen MR) is 80.7 cm³/mol. The molecule has 2 aromatic rings. The Bertz CT molecular complexity index is 780. The molecule has 110 valence electrons. The minimum absolute atomic E-state index is 0.0735. The van der Waals surface area contributed by atoms with Crippen LogP contribution < -0.4 is 4.74 Å². The molecule has 0 aromatic heterocycles.